The van der Waals surface area contributed by atoms with E-state index in [0.717, 1.165) is 50.7 Å². The van der Waals surface area contributed by atoms with Crippen LogP contribution >= 0.6 is 0 Å². The van der Waals surface area contributed by atoms with E-state index in [2.05, 4.69) is 204 Å². The fraction of sp³-hybridized carbons (Fsp3) is 0.0556. The van der Waals surface area contributed by atoms with E-state index in [1.807, 2.05) is 136 Å². The standard InChI is InChI=1S/4C18H14N.4Ir/c1-14-8-10-15(11-9-14)16-5-4-6-17(13-16)18-7-2-3-12-19-18;1-14-7-5-12-18(19-14)17-11-6-10-16(13-17)15-8-3-2-4-9-15;1-14-6-5-13-19-18(14)17-11-9-16(10-12-17)15-7-3-2-4-8-15;1-14-10-11-18(19-13-14)17-9-5-8-16(12-17)15-6-3-2-4-7-15;;;;/h2-5,7-13H,1H3;2-10,12-13H,1H3;2-11,13H,1H3;2-8,10-13H,1H3;;;;/q4*-1;;;;. The van der Waals surface area contributed by atoms with Crippen molar-refractivity contribution in [1.29, 1.82) is 0 Å². The molecule has 0 aliphatic rings. The second-order valence-electron chi connectivity index (χ2n) is 18.2. The van der Waals surface area contributed by atoms with E-state index in [1.54, 1.807) is 0 Å². The molecule has 0 N–H and O–H groups in total. The van der Waals surface area contributed by atoms with Crippen LogP contribution in [0.3, 0.4) is 0 Å². The van der Waals surface area contributed by atoms with E-state index < -0.39 is 0 Å². The summed E-state index contributed by atoms with van der Waals surface area (Å²) in [6, 6.07) is 97.5. The Morgan fingerprint density at radius 1 is 0.300 bits per heavy atom. The molecule has 404 valence electrons. The summed E-state index contributed by atoms with van der Waals surface area (Å²) in [5.74, 6) is 0. The zero-order valence-corrected chi connectivity index (χ0v) is 54.1. The Morgan fingerprint density at radius 3 is 1.24 bits per heavy atom. The van der Waals surface area contributed by atoms with Crippen molar-refractivity contribution in [2.24, 2.45) is 0 Å². The molecule has 0 saturated heterocycles. The molecule has 0 aliphatic heterocycles. The van der Waals surface area contributed by atoms with Crippen LogP contribution in [0.5, 0.6) is 0 Å². The topological polar surface area (TPSA) is 51.6 Å². The average molecular weight is 1750 g/mol. The molecule has 4 nitrogen and oxygen atoms in total. The number of aryl methyl sites for hydroxylation is 4. The van der Waals surface area contributed by atoms with Gasteiger partial charge in [0.15, 0.2) is 0 Å². The number of pyridine rings is 4. The Morgan fingerprint density at radius 2 is 0.762 bits per heavy atom. The van der Waals surface area contributed by atoms with Crippen LogP contribution in [0.1, 0.15) is 22.4 Å². The van der Waals surface area contributed by atoms with E-state index in [-0.39, 0.29) is 80.4 Å². The quantitative estimate of drug-likeness (QED) is 0.142. The van der Waals surface area contributed by atoms with E-state index >= 15 is 0 Å². The normalized spacial score (nSPS) is 9.85. The number of rotatable bonds is 8. The molecule has 80 heavy (non-hydrogen) atoms. The molecular formula is C72H56Ir4N4-4. The van der Waals surface area contributed by atoms with Crippen LogP contribution in [0, 0.1) is 52.0 Å². The second-order valence-corrected chi connectivity index (χ2v) is 18.2. The van der Waals surface area contributed by atoms with Crippen molar-refractivity contribution < 1.29 is 80.4 Å². The summed E-state index contributed by atoms with van der Waals surface area (Å²) < 4.78 is 0. The maximum Gasteiger partial charge on any atom is 0.0266 e. The van der Waals surface area contributed by atoms with Crippen molar-refractivity contribution in [1.82, 2.24) is 19.9 Å². The van der Waals surface area contributed by atoms with Gasteiger partial charge in [0.1, 0.15) is 0 Å². The van der Waals surface area contributed by atoms with Crippen molar-refractivity contribution in [3.63, 3.8) is 0 Å². The Hall–Kier alpha value is -7.04. The van der Waals surface area contributed by atoms with Gasteiger partial charge in [0, 0.05) is 105 Å². The zero-order valence-electron chi connectivity index (χ0n) is 44.5. The molecule has 8 heteroatoms. The van der Waals surface area contributed by atoms with Gasteiger partial charge in [-0.1, -0.05) is 180 Å². The molecule has 0 fully saturated rings. The summed E-state index contributed by atoms with van der Waals surface area (Å²) in [5, 5.41) is 0. The molecule has 0 aliphatic carbocycles. The Kier molecular flexibility index (Phi) is 26.2. The van der Waals surface area contributed by atoms with E-state index in [0.29, 0.717) is 0 Å². The van der Waals surface area contributed by atoms with Gasteiger partial charge in [-0.05, 0) is 90.9 Å². The van der Waals surface area contributed by atoms with E-state index in [1.165, 1.54) is 61.2 Å². The van der Waals surface area contributed by atoms with Crippen LogP contribution in [-0.2, 0) is 80.4 Å². The van der Waals surface area contributed by atoms with Gasteiger partial charge >= 0.3 is 0 Å². The van der Waals surface area contributed by atoms with E-state index in [4.69, 9.17) is 0 Å². The number of benzene rings is 8. The molecule has 8 aromatic carbocycles. The molecule has 4 aromatic heterocycles. The van der Waals surface area contributed by atoms with Crippen LogP contribution in [-0.4, -0.2) is 19.9 Å². The number of aromatic nitrogens is 4. The third-order valence-electron chi connectivity index (χ3n) is 12.5. The number of hydrogen-bond donors (Lipinski definition) is 0. The van der Waals surface area contributed by atoms with Gasteiger partial charge in [-0.25, -0.2) is 0 Å². The molecular weight excluding hydrogens is 1690 g/mol. The monoisotopic (exact) mass is 1750 g/mol. The molecule has 4 radical (unpaired) electrons. The molecule has 0 atom stereocenters. The molecule has 0 saturated carbocycles. The maximum absolute atomic E-state index is 4.55. The third-order valence-corrected chi connectivity index (χ3v) is 12.5. The molecule has 12 aromatic rings. The summed E-state index contributed by atoms with van der Waals surface area (Å²) in [6.45, 7) is 8.22. The van der Waals surface area contributed by atoms with Gasteiger partial charge in [-0.3, -0.25) is 0 Å². The van der Waals surface area contributed by atoms with Gasteiger partial charge in [0.05, 0.1) is 0 Å². The van der Waals surface area contributed by atoms with Gasteiger partial charge in [0.2, 0.25) is 0 Å². The SMILES string of the molecule is Cc1ccc(-c2[c-]ccc(-c3ccccc3)c2)nc1.Cc1ccc(-c2cc[c-]c(-c3ccccn3)c2)cc1.Cc1cccc(-c2[c-]ccc(-c3ccccc3)c2)n1.Cc1cccnc1-c1[c-]cc(-c2ccccc2)cc1.[Ir].[Ir].[Ir].[Ir]. The van der Waals surface area contributed by atoms with Crippen molar-refractivity contribution in [2.45, 2.75) is 27.7 Å². The fourth-order valence-corrected chi connectivity index (χ4v) is 8.38. The van der Waals surface area contributed by atoms with Crippen LogP contribution < -0.4 is 0 Å². The zero-order chi connectivity index (χ0) is 52.3. The van der Waals surface area contributed by atoms with E-state index in [9.17, 15) is 0 Å². The summed E-state index contributed by atoms with van der Waals surface area (Å²) >= 11 is 0. The molecule has 0 bridgehead atoms. The Bertz CT molecular complexity index is 3590. The van der Waals surface area contributed by atoms with Crippen LogP contribution in [0.4, 0.5) is 0 Å². The van der Waals surface area contributed by atoms with Crippen molar-refractivity contribution in [3.05, 3.63) is 314 Å². The van der Waals surface area contributed by atoms with Gasteiger partial charge in [0.25, 0.3) is 0 Å². The predicted octanol–water partition coefficient (Wildman–Crippen LogP) is 18.1. The summed E-state index contributed by atoms with van der Waals surface area (Å²) in [7, 11) is 0. The minimum absolute atomic E-state index is 0. The van der Waals surface area contributed by atoms with Crippen LogP contribution in [0.2, 0.25) is 0 Å². The first-order valence-electron chi connectivity index (χ1n) is 25.3. The minimum Gasteiger partial charge on any atom is -0.305 e. The first-order chi connectivity index (χ1) is 37.3. The summed E-state index contributed by atoms with van der Waals surface area (Å²) in [6.07, 6.45) is 5.52. The molecule has 0 amide bonds. The first kappa shape index (κ1) is 63.8. The minimum atomic E-state index is 0. The molecule has 0 unspecified atom stereocenters. The second kappa shape index (κ2) is 32.9. The van der Waals surface area contributed by atoms with Crippen molar-refractivity contribution in [3.8, 4) is 89.5 Å². The van der Waals surface area contributed by atoms with Crippen molar-refractivity contribution >= 4 is 0 Å². The van der Waals surface area contributed by atoms with Crippen LogP contribution in [0.15, 0.2) is 267 Å². The predicted molar refractivity (Wildman–Crippen MR) is 315 cm³/mol. The van der Waals surface area contributed by atoms with Gasteiger partial charge in [-0.2, -0.15) is 0 Å². The van der Waals surface area contributed by atoms with Gasteiger partial charge < -0.3 is 19.9 Å². The molecule has 0 spiro atoms. The molecule has 12 rings (SSSR count). The third kappa shape index (κ3) is 18.2. The van der Waals surface area contributed by atoms with Gasteiger partial charge in [-0.15, -0.1) is 136 Å². The van der Waals surface area contributed by atoms with Crippen LogP contribution in [0.25, 0.3) is 89.5 Å². The largest absolute Gasteiger partial charge is 0.305 e. The Balaban J connectivity index is 0.000000193. The fourth-order valence-electron chi connectivity index (χ4n) is 8.38. The summed E-state index contributed by atoms with van der Waals surface area (Å²) in [5.41, 5.74) is 22.3. The smallest absolute Gasteiger partial charge is 0.0266 e. The molecule has 4 heterocycles. The first-order valence-corrected chi connectivity index (χ1v) is 25.3. The van der Waals surface area contributed by atoms with Crippen molar-refractivity contribution in [2.75, 3.05) is 0 Å². The number of hydrogen-bond acceptors (Lipinski definition) is 4. The maximum atomic E-state index is 4.55. The number of nitrogens with zero attached hydrogens (tertiary/aromatic N) is 4. The average Bonchev–Trinajstić information content (AvgIpc) is 3.50. The summed E-state index contributed by atoms with van der Waals surface area (Å²) in [4.78, 5) is 17.8. The Labute approximate surface area is 526 Å².